The largest absolute Gasteiger partial charge is 0.368 e. The number of hydrazone groups is 1. The highest BCUT2D eigenvalue weighted by Gasteiger charge is 2.31. The van der Waals surface area contributed by atoms with Gasteiger partial charge in [-0.15, -0.1) is 0 Å². The fraction of sp³-hybridized carbons (Fsp3) is 0.160. The Morgan fingerprint density at radius 2 is 1.64 bits per heavy atom. The van der Waals surface area contributed by atoms with Crippen LogP contribution in [-0.4, -0.2) is 35.7 Å². The van der Waals surface area contributed by atoms with Gasteiger partial charge in [-0.05, 0) is 41.0 Å². The molecule has 3 aromatic rings. The summed E-state index contributed by atoms with van der Waals surface area (Å²) >= 11 is 12.1. The van der Waals surface area contributed by atoms with Crippen LogP contribution in [-0.2, 0) is 11.3 Å². The van der Waals surface area contributed by atoms with E-state index in [0.717, 1.165) is 22.4 Å². The quantitative estimate of drug-likeness (QED) is 0.405. The number of hydrogen-bond donors (Lipinski definition) is 2. The van der Waals surface area contributed by atoms with Crippen LogP contribution in [0.15, 0.2) is 89.0 Å². The van der Waals surface area contributed by atoms with Gasteiger partial charge in [0.15, 0.2) is 0 Å². The smallest absolute Gasteiger partial charge is 0.236 e. The zero-order valence-electron chi connectivity index (χ0n) is 17.8. The Kier molecular flexibility index (Phi) is 7.27. The summed E-state index contributed by atoms with van der Waals surface area (Å²) in [4.78, 5) is 16.2. The maximum absolute atomic E-state index is 11.5. The van der Waals surface area contributed by atoms with Crippen molar-refractivity contribution < 1.29 is 4.79 Å². The van der Waals surface area contributed by atoms with Gasteiger partial charge < -0.3 is 11.1 Å². The van der Waals surface area contributed by atoms with Crippen molar-refractivity contribution >= 4 is 40.8 Å². The number of benzene rings is 3. The van der Waals surface area contributed by atoms with Crippen molar-refractivity contribution in [1.82, 2.24) is 10.3 Å². The summed E-state index contributed by atoms with van der Waals surface area (Å²) in [5.41, 5.74) is 9.38. The highest BCUT2D eigenvalue weighted by atomic mass is 35.5. The number of nitrogens with zero attached hydrogens (tertiary/aromatic N) is 3. The van der Waals surface area contributed by atoms with E-state index in [-0.39, 0.29) is 12.5 Å². The van der Waals surface area contributed by atoms with Crippen LogP contribution in [0.2, 0.25) is 10.0 Å². The van der Waals surface area contributed by atoms with E-state index in [9.17, 15) is 4.79 Å². The highest BCUT2D eigenvalue weighted by Crippen LogP contribution is 2.29. The summed E-state index contributed by atoms with van der Waals surface area (Å²) in [5.74, 6) is 0.0204. The van der Waals surface area contributed by atoms with Gasteiger partial charge in [-0.3, -0.25) is 4.79 Å². The number of primary amides is 1. The maximum atomic E-state index is 11.5. The van der Waals surface area contributed by atoms with Crippen molar-refractivity contribution in [2.24, 2.45) is 15.8 Å². The average Bonchev–Trinajstić information content (AvgIpc) is 3.26. The van der Waals surface area contributed by atoms with Crippen LogP contribution in [0.5, 0.6) is 0 Å². The number of rotatable bonds is 6. The van der Waals surface area contributed by atoms with Crippen LogP contribution < -0.4 is 11.1 Å². The summed E-state index contributed by atoms with van der Waals surface area (Å²) in [6.07, 6.45) is 0. The van der Waals surface area contributed by atoms with Crippen LogP contribution in [0.25, 0.3) is 0 Å². The first-order valence-corrected chi connectivity index (χ1v) is 11.2. The number of amides is 1. The lowest BCUT2D eigenvalue weighted by Crippen LogP contribution is -2.42. The Morgan fingerprint density at radius 1 is 1.00 bits per heavy atom. The van der Waals surface area contributed by atoms with Gasteiger partial charge in [0, 0.05) is 16.0 Å². The molecule has 3 aromatic carbocycles. The van der Waals surface area contributed by atoms with E-state index >= 15 is 0 Å². The van der Waals surface area contributed by atoms with Crippen LogP contribution in [0.1, 0.15) is 22.6 Å². The third-order valence-corrected chi connectivity index (χ3v) is 5.75. The van der Waals surface area contributed by atoms with Crippen molar-refractivity contribution in [2.45, 2.75) is 12.5 Å². The second kappa shape index (κ2) is 10.5. The van der Waals surface area contributed by atoms with Crippen molar-refractivity contribution in [2.75, 3.05) is 13.1 Å². The third kappa shape index (κ3) is 5.92. The van der Waals surface area contributed by atoms with Gasteiger partial charge in [0.2, 0.25) is 11.9 Å². The van der Waals surface area contributed by atoms with Crippen molar-refractivity contribution in [3.8, 4) is 0 Å². The summed E-state index contributed by atoms with van der Waals surface area (Å²) in [6.45, 7) is 0.918. The molecular weight excluding hydrogens is 457 g/mol. The Hall–Kier alpha value is -3.35. The van der Waals surface area contributed by atoms with Gasteiger partial charge in [0.05, 0.1) is 25.3 Å². The summed E-state index contributed by atoms with van der Waals surface area (Å²) in [7, 11) is 0. The molecule has 1 amide bonds. The first-order chi connectivity index (χ1) is 16.0. The Bertz CT molecular complexity index is 1160. The molecule has 1 atom stereocenters. The SMILES string of the molecule is NC(=O)CN/C(=N\Cc1ccc(Cl)cc1)N1C[C@@H](c2ccccc2)C(c2ccc(Cl)cc2)=N1. The van der Waals surface area contributed by atoms with E-state index in [0.29, 0.717) is 29.1 Å². The van der Waals surface area contributed by atoms with Crippen LogP contribution in [0.3, 0.4) is 0 Å². The molecule has 0 fully saturated rings. The normalized spacial score (nSPS) is 15.9. The molecule has 4 rings (SSSR count). The van der Waals surface area contributed by atoms with Gasteiger partial charge in [-0.2, -0.15) is 5.10 Å². The fourth-order valence-corrected chi connectivity index (χ4v) is 3.86. The van der Waals surface area contributed by atoms with Crippen LogP contribution in [0.4, 0.5) is 0 Å². The Balaban J connectivity index is 1.67. The average molecular weight is 480 g/mol. The first kappa shape index (κ1) is 22.8. The molecule has 0 bridgehead atoms. The topological polar surface area (TPSA) is 83.1 Å². The second-order valence-corrected chi connectivity index (χ2v) is 8.50. The molecule has 33 heavy (non-hydrogen) atoms. The lowest BCUT2D eigenvalue weighted by atomic mass is 9.91. The summed E-state index contributed by atoms with van der Waals surface area (Å²) < 4.78 is 0. The van der Waals surface area contributed by atoms with E-state index in [2.05, 4.69) is 17.4 Å². The zero-order valence-corrected chi connectivity index (χ0v) is 19.3. The Morgan fingerprint density at radius 3 is 2.27 bits per heavy atom. The number of nitrogens with two attached hydrogens (primary N) is 1. The number of carbonyl (C=O) groups is 1. The van der Waals surface area contributed by atoms with E-state index in [1.54, 1.807) is 5.01 Å². The van der Waals surface area contributed by atoms with Crippen LogP contribution in [0, 0.1) is 0 Å². The number of hydrogen-bond acceptors (Lipinski definition) is 3. The van der Waals surface area contributed by atoms with Crippen molar-refractivity contribution in [1.29, 1.82) is 0 Å². The first-order valence-electron chi connectivity index (χ1n) is 10.5. The summed E-state index contributed by atoms with van der Waals surface area (Å²) in [6, 6.07) is 25.3. The minimum Gasteiger partial charge on any atom is -0.368 e. The molecule has 0 spiro atoms. The standard InChI is InChI=1S/C25H23Cl2N5O/c26-20-10-6-17(7-11-20)14-29-25(30-15-23(28)33)32-16-22(18-4-2-1-3-5-18)24(31-32)19-8-12-21(27)13-9-19/h1-13,22H,14-16H2,(H2,28,33)(H,29,30)/t22-/m0/s1. The molecule has 1 aliphatic rings. The Labute approximate surface area is 202 Å². The minimum absolute atomic E-state index is 0.0171. The van der Waals surface area contributed by atoms with E-state index in [1.165, 1.54) is 0 Å². The van der Waals surface area contributed by atoms with Gasteiger partial charge in [-0.25, -0.2) is 10.0 Å². The molecule has 3 N–H and O–H groups in total. The molecule has 1 heterocycles. The predicted octanol–water partition coefficient (Wildman–Crippen LogP) is 4.43. The molecule has 0 aromatic heterocycles. The van der Waals surface area contributed by atoms with E-state index < -0.39 is 5.91 Å². The number of aliphatic imine (C=N–C) groups is 1. The lowest BCUT2D eigenvalue weighted by molar-refractivity contribution is -0.117. The zero-order chi connectivity index (χ0) is 23.2. The molecule has 1 aliphatic heterocycles. The van der Waals surface area contributed by atoms with Gasteiger partial charge >= 0.3 is 0 Å². The number of guanidine groups is 1. The molecule has 168 valence electrons. The van der Waals surface area contributed by atoms with E-state index in [4.69, 9.17) is 39.0 Å². The molecule has 8 heteroatoms. The molecule has 0 radical (unpaired) electrons. The van der Waals surface area contributed by atoms with Crippen molar-refractivity contribution in [3.05, 3.63) is 106 Å². The van der Waals surface area contributed by atoms with Gasteiger partial charge in [0.25, 0.3) is 0 Å². The summed E-state index contributed by atoms with van der Waals surface area (Å²) in [5, 5.41) is 11.1. The maximum Gasteiger partial charge on any atom is 0.236 e. The van der Waals surface area contributed by atoms with Crippen molar-refractivity contribution in [3.63, 3.8) is 0 Å². The molecule has 0 saturated carbocycles. The lowest BCUT2D eigenvalue weighted by Gasteiger charge is -2.19. The number of nitrogens with one attached hydrogen (secondary N) is 1. The van der Waals surface area contributed by atoms with Gasteiger partial charge in [-0.1, -0.05) is 77.8 Å². The highest BCUT2D eigenvalue weighted by molar-refractivity contribution is 6.31. The molecule has 6 nitrogen and oxygen atoms in total. The molecular formula is C25H23Cl2N5O. The third-order valence-electron chi connectivity index (χ3n) is 5.25. The fourth-order valence-electron chi connectivity index (χ4n) is 3.61. The minimum atomic E-state index is -0.477. The van der Waals surface area contributed by atoms with Crippen LogP contribution >= 0.6 is 23.2 Å². The van der Waals surface area contributed by atoms with Gasteiger partial charge in [0.1, 0.15) is 0 Å². The molecule has 0 unspecified atom stereocenters. The molecule has 0 saturated heterocycles. The predicted molar refractivity (Wildman–Crippen MR) is 134 cm³/mol. The number of halogens is 2. The monoisotopic (exact) mass is 479 g/mol. The molecule has 0 aliphatic carbocycles. The second-order valence-electron chi connectivity index (χ2n) is 7.62. The number of carbonyl (C=O) groups excluding carboxylic acids is 1. The van der Waals surface area contributed by atoms with E-state index in [1.807, 2.05) is 66.7 Å².